The Kier molecular flexibility index (Phi) is 7.55. The van der Waals surface area contributed by atoms with Gasteiger partial charge < -0.3 is 14.4 Å². The van der Waals surface area contributed by atoms with Crippen molar-refractivity contribution >= 4 is 27.7 Å². The molecule has 1 fully saturated rings. The number of anilines is 2. The molecule has 1 aliphatic rings. The van der Waals surface area contributed by atoms with Gasteiger partial charge in [0.05, 0.1) is 31.2 Å². The van der Waals surface area contributed by atoms with Gasteiger partial charge in [0, 0.05) is 23.9 Å². The van der Waals surface area contributed by atoms with Gasteiger partial charge in [-0.3, -0.25) is 9.50 Å². The molecule has 0 saturated carbocycles. The van der Waals surface area contributed by atoms with Crippen molar-refractivity contribution in [2.24, 2.45) is 0 Å². The van der Waals surface area contributed by atoms with E-state index in [0.29, 0.717) is 48.3 Å². The lowest BCUT2D eigenvalue weighted by atomic mass is 10.2. The number of carbonyl (C=O) groups excluding carboxylic acids is 1. The fourth-order valence-corrected chi connectivity index (χ4v) is 3.53. The lowest BCUT2D eigenvalue weighted by Gasteiger charge is -2.34. The zero-order valence-corrected chi connectivity index (χ0v) is 20.3. The standard InChI is InChI=1S/C22H30N4O6S/c1-15-13-30-11-10-26(15)19-12-18(14-31-33(5,28)29)23-20(25-19)16-6-8-17(9-7-16)24-21(27)32-22(2,3)4/h6-9,12,15H,10-11,13-14H2,1-5H3,(H,24,27)/t15-/m0/s1. The molecular formula is C22H30N4O6S. The van der Waals surface area contributed by atoms with Crippen molar-refractivity contribution < 1.29 is 26.9 Å². The van der Waals surface area contributed by atoms with E-state index in [4.69, 9.17) is 18.6 Å². The summed E-state index contributed by atoms with van der Waals surface area (Å²) in [6.07, 6.45) is 0.450. The topological polar surface area (TPSA) is 120 Å². The maximum Gasteiger partial charge on any atom is 0.412 e. The largest absolute Gasteiger partial charge is 0.444 e. The lowest BCUT2D eigenvalue weighted by Crippen LogP contribution is -2.44. The minimum atomic E-state index is -3.62. The normalized spacial score (nSPS) is 17.0. The van der Waals surface area contributed by atoms with Crippen molar-refractivity contribution in [3.05, 3.63) is 36.0 Å². The van der Waals surface area contributed by atoms with Crippen molar-refractivity contribution in [1.29, 1.82) is 0 Å². The van der Waals surface area contributed by atoms with Gasteiger partial charge in [0.2, 0.25) is 0 Å². The second kappa shape index (κ2) is 10.0. The van der Waals surface area contributed by atoms with Crippen LogP contribution in [0.2, 0.25) is 0 Å². The van der Waals surface area contributed by atoms with Gasteiger partial charge in [-0.25, -0.2) is 14.8 Å². The van der Waals surface area contributed by atoms with Crippen LogP contribution in [0.4, 0.5) is 16.3 Å². The first-order valence-electron chi connectivity index (χ1n) is 10.6. The van der Waals surface area contributed by atoms with Crippen LogP contribution >= 0.6 is 0 Å². The first kappa shape index (κ1) is 24.9. The van der Waals surface area contributed by atoms with E-state index in [0.717, 1.165) is 6.26 Å². The maximum absolute atomic E-state index is 12.0. The van der Waals surface area contributed by atoms with Gasteiger partial charge in [0.1, 0.15) is 18.0 Å². The van der Waals surface area contributed by atoms with Gasteiger partial charge in [0.25, 0.3) is 10.1 Å². The first-order valence-corrected chi connectivity index (χ1v) is 12.4. The molecule has 1 saturated heterocycles. The quantitative estimate of drug-likeness (QED) is 0.624. The molecule has 11 heteroatoms. The van der Waals surface area contributed by atoms with Crippen molar-refractivity contribution in [2.45, 2.75) is 45.9 Å². The highest BCUT2D eigenvalue weighted by Crippen LogP contribution is 2.25. The number of morpholine rings is 1. The molecule has 0 unspecified atom stereocenters. The summed E-state index contributed by atoms with van der Waals surface area (Å²) in [6, 6.07) is 8.82. The van der Waals surface area contributed by atoms with Crippen LogP contribution in [0.15, 0.2) is 30.3 Å². The molecule has 10 nitrogen and oxygen atoms in total. The van der Waals surface area contributed by atoms with Crippen LogP contribution in [0.1, 0.15) is 33.4 Å². The van der Waals surface area contributed by atoms with Gasteiger partial charge in [-0.15, -0.1) is 0 Å². The Morgan fingerprint density at radius 3 is 2.55 bits per heavy atom. The summed E-state index contributed by atoms with van der Waals surface area (Å²) >= 11 is 0. The predicted octanol–water partition coefficient (Wildman–Crippen LogP) is 3.19. The Labute approximate surface area is 194 Å². The van der Waals surface area contributed by atoms with Crippen molar-refractivity contribution in [1.82, 2.24) is 9.97 Å². The second-order valence-electron chi connectivity index (χ2n) is 8.83. The van der Waals surface area contributed by atoms with E-state index in [2.05, 4.69) is 15.2 Å². The SMILES string of the molecule is C[C@H]1COCCN1c1cc(COS(C)(=O)=O)nc(-c2ccc(NC(=O)OC(C)(C)C)cc2)n1. The maximum atomic E-state index is 12.0. The number of nitrogens with one attached hydrogen (secondary N) is 1. The smallest absolute Gasteiger partial charge is 0.412 e. The third-order valence-electron chi connectivity index (χ3n) is 4.64. The number of rotatable bonds is 6. The van der Waals surface area contributed by atoms with Gasteiger partial charge in [-0.05, 0) is 52.0 Å². The monoisotopic (exact) mass is 478 g/mol. The van der Waals surface area contributed by atoms with Crippen LogP contribution in [-0.2, 0) is 30.4 Å². The van der Waals surface area contributed by atoms with Gasteiger partial charge >= 0.3 is 6.09 Å². The molecule has 2 heterocycles. The molecule has 1 amide bonds. The third-order valence-corrected chi connectivity index (χ3v) is 5.18. The Morgan fingerprint density at radius 2 is 1.94 bits per heavy atom. The summed E-state index contributed by atoms with van der Waals surface area (Å²) in [5.41, 5.74) is 1.11. The molecule has 180 valence electrons. The van der Waals surface area contributed by atoms with Crippen LogP contribution in [0, 0.1) is 0 Å². The first-order chi connectivity index (χ1) is 15.4. The van der Waals surface area contributed by atoms with Crippen molar-refractivity contribution in [3.8, 4) is 11.4 Å². The summed E-state index contributed by atoms with van der Waals surface area (Å²) in [5, 5.41) is 2.68. The molecule has 0 aliphatic carbocycles. The summed E-state index contributed by atoms with van der Waals surface area (Å²) in [4.78, 5) is 23.3. The molecule has 1 atom stereocenters. The Morgan fingerprint density at radius 1 is 1.24 bits per heavy atom. The minimum Gasteiger partial charge on any atom is -0.444 e. The molecular weight excluding hydrogens is 448 g/mol. The zero-order valence-electron chi connectivity index (χ0n) is 19.5. The van der Waals surface area contributed by atoms with E-state index in [1.807, 2.05) is 6.92 Å². The van der Waals surface area contributed by atoms with Crippen LogP contribution in [0.5, 0.6) is 0 Å². The number of hydrogen-bond donors (Lipinski definition) is 1. The Bertz CT molecular complexity index is 1080. The zero-order chi connectivity index (χ0) is 24.2. The molecule has 1 aromatic carbocycles. The molecule has 1 N–H and O–H groups in total. The molecule has 33 heavy (non-hydrogen) atoms. The Hall–Kier alpha value is -2.76. The van der Waals surface area contributed by atoms with Gasteiger partial charge in [-0.2, -0.15) is 8.42 Å². The van der Waals surface area contributed by atoms with E-state index < -0.39 is 21.8 Å². The average Bonchev–Trinajstić information content (AvgIpc) is 2.71. The molecule has 0 bridgehead atoms. The number of amides is 1. The highest BCUT2D eigenvalue weighted by atomic mass is 32.2. The van der Waals surface area contributed by atoms with E-state index >= 15 is 0 Å². The second-order valence-corrected chi connectivity index (χ2v) is 10.5. The van der Waals surface area contributed by atoms with Gasteiger partial charge in [-0.1, -0.05) is 0 Å². The van der Waals surface area contributed by atoms with Crippen LogP contribution in [0.3, 0.4) is 0 Å². The molecule has 0 spiro atoms. The minimum absolute atomic E-state index is 0.102. The summed E-state index contributed by atoms with van der Waals surface area (Å²) in [5.74, 6) is 1.08. The van der Waals surface area contributed by atoms with E-state index in [1.165, 1.54) is 0 Å². The van der Waals surface area contributed by atoms with Crippen LogP contribution < -0.4 is 10.2 Å². The summed E-state index contributed by atoms with van der Waals surface area (Å²) in [6.45, 7) is 9.01. The number of aromatic nitrogens is 2. The number of benzene rings is 1. The number of carbonyl (C=O) groups is 1. The molecule has 0 radical (unpaired) electrons. The average molecular weight is 479 g/mol. The highest BCUT2D eigenvalue weighted by molar-refractivity contribution is 7.85. The van der Waals surface area contributed by atoms with E-state index in [-0.39, 0.29) is 12.6 Å². The number of nitrogens with zero attached hydrogens (tertiary/aromatic N) is 3. The summed E-state index contributed by atoms with van der Waals surface area (Å²) in [7, 11) is -3.62. The predicted molar refractivity (Wildman–Crippen MR) is 125 cm³/mol. The fourth-order valence-electron chi connectivity index (χ4n) is 3.19. The third kappa shape index (κ3) is 7.65. The van der Waals surface area contributed by atoms with Crippen molar-refractivity contribution in [3.63, 3.8) is 0 Å². The highest BCUT2D eigenvalue weighted by Gasteiger charge is 2.22. The van der Waals surface area contributed by atoms with E-state index in [9.17, 15) is 13.2 Å². The summed E-state index contributed by atoms with van der Waals surface area (Å²) < 4.78 is 38.7. The fraction of sp³-hybridized carbons (Fsp3) is 0.500. The number of ether oxygens (including phenoxy) is 2. The van der Waals surface area contributed by atoms with E-state index in [1.54, 1.807) is 51.1 Å². The molecule has 2 aromatic rings. The Balaban J connectivity index is 1.87. The van der Waals surface area contributed by atoms with Crippen molar-refractivity contribution in [2.75, 3.05) is 36.2 Å². The lowest BCUT2D eigenvalue weighted by molar-refractivity contribution is 0.0636. The van der Waals surface area contributed by atoms with Crippen LogP contribution in [-0.4, -0.2) is 62.1 Å². The molecule has 3 rings (SSSR count). The molecule has 1 aliphatic heterocycles. The number of hydrogen-bond acceptors (Lipinski definition) is 9. The van der Waals surface area contributed by atoms with Crippen LogP contribution in [0.25, 0.3) is 11.4 Å². The van der Waals surface area contributed by atoms with Gasteiger partial charge in [0.15, 0.2) is 5.82 Å². The molecule has 1 aromatic heterocycles.